The van der Waals surface area contributed by atoms with Gasteiger partial charge in [0.25, 0.3) is 5.91 Å². The molecule has 0 saturated heterocycles. The summed E-state index contributed by atoms with van der Waals surface area (Å²) >= 11 is 0. The van der Waals surface area contributed by atoms with Crippen LogP contribution in [0.2, 0.25) is 0 Å². The number of aromatic nitrogens is 2. The molecule has 7 heteroatoms. The monoisotopic (exact) mass is 387 g/mol. The Morgan fingerprint density at radius 1 is 0.897 bits per heavy atom. The molecule has 29 heavy (non-hydrogen) atoms. The lowest BCUT2D eigenvalue weighted by molar-refractivity contribution is 0.102. The van der Waals surface area contributed by atoms with E-state index in [0.29, 0.717) is 28.4 Å². The molecule has 0 unspecified atom stereocenters. The van der Waals surface area contributed by atoms with Crippen molar-refractivity contribution in [1.29, 1.82) is 0 Å². The van der Waals surface area contributed by atoms with E-state index in [4.69, 9.17) is 13.9 Å². The predicted octanol–water partition coefficient (Wildman–Crippen LogP) is 4.79. The summed E-state index contributed by atoms with van der Waals surface area (Å²) in [5, 5.41) is 10.5. The number of ether oxygens (including phenoxy) is 2. The first-order valence-electron chi connectivity index (χ1n) is 8.84. The summed E-state index contributed by atoms with van der Waals surface area (Å²) in [6.07, 6.45) is 0. The van der Waals surface area contributed by atoms with Gasteiger partial charge in [0.15, 0.2) is 0 Å². The van der Waals surface area contributed by atoms with Crippen molar-refractivity contribution >= 4 is 11.9 Å². The van der Waals surface area contributed by atoms with Gasteiger partial charge in [-0.05, 0) is 42.5 Å². The van der Waals surface area contributed by atoms with Crippen LogP contribution in [-0.4, -0.2) is 23.2 Å². The number of amides is 1. The molecule has 0 bridgehead atoms. The standard InChI is InChI=1S/C22H17N3O4/c1-27-17-11-7-8-15(14-17)21-24-25-22(29-21)23-20(26)18-12-5-6-13-19(18)28-16-9-3-2-4-10-16/h2-14H,1H3,(H,23,25,26). The van der Waals surface area contributed by atoms with E-state index >= 15 is 0 Å². The van der Waals surface area contributed by atoms with Crippen LogP contribution in [0.4, 0.5) is 6.01 Å². The van der Waals surface area contributed by atoms with E-state index in [1.807, 2.05) is 48.5 Å². The Bertz CT molecular complexity index is 1130. The molecule has 4 rings (SSSR count). The van der Waals surface area contributed by atoms with Gasteiger partial charge in [0.1, 0.15) is 17.2 Å². The van der Waals surface area contributed by atoms with Crippen molar-refractivity contribution < 1.29 is 18.7 Å². The van der Waals surface area contributed by atoms with Crippen LogP contribution in [0.5, 0.6) is 17.2 Å². The second kappa shape index (κ2) is 8.26. The number of anilines is 1. The van der Waals surface area contributed by atoms with Crippen LogP contribution < -0.4 is 14.8 Å². The third-order valence-corrected chi connectivity index (χ3v) is 4.06. The number of nitrogens with zero attached hydrogens (tertiary/aromatic N) is 2. The van der Waals surface area contributed by atoms with Gasteiger partial charge in [-0.25, -0.2) is 0 Å². The Labute approximate surface area is 166 Å². The number of methoxy groups -OCH3 is 1. The quantitative estimate of drug-likeness (QED) is 0.512. The van der Waals surface area contributed by atoms with E-state index in [9.17, 15) is 4.79 Å². The van der Waals surface area contributed by atoms with Gasteiger partial charge in [0.2, 0.25) is 5.89 Å². The van der Waals surface area contributed by atoms with Crippen LogP contribution in [-0.2, 0) is 0 Å². The van der Waals surface area contributed by atoms with Gasteiger partial charge in [0, 0.05) is 5.56 Å². The molecular formula is C22H17N3O4. The van der Waals surface area contributed by atoms with Gasteiger partial charge >= 0.3 is 6.01 Å². The number of carbonyl (C=O) groups excluding carboxylic acids is 1. The zero-order valence-corrected chi connectivity index (χ0v) is 15.5. The van der Waals surface area contributed by atoms with Crippen LogP contribution in [0.25, 0.3) is 11.5 Å². The molecule has 4 aromatic rings. The summed E-state index contributed by atoms with van der Waals surface area (Å²) < 4.78 is 16.6. The summed E-state index contributed by atoms with van der Waals surface area (Å²) in [6.45, 7) is 0. The summed E-state index contributed by atoms with van der Waals surface area (Å²) in [6, 6.07) is 23.3. The molecule has 0 radical (unpaired) electrons. The Hall–Kier alpha value is -4.13. The molecule has 0 spiro atoms. The van der Waals surface area contributed by atoms with Crippen LogP contribution in [0, 0.1) is 0 Å². The molecule has 1 N–H and O–H groups in total. The van der Waals surface area contributed by atoms with Crippen LogP contribution >= 0.6 is 0 Å². The Kier molecular flexibility index (Phi) is 5.20. The van der Waals surface area contributed by atoms with Gasteiger partial charge in [0.05, 0.1) is 12.7 Å². The number of rotatable bonds is 6. The molecule has 144 valence electrons. The molecule has 0 aliphatic rings. The first-order valence-corrected chi connectivity index (χ1v) is 8.84. The first-order chi connectivity index (χ1) is 14.2. The number of nitrogens with one attached hydrogen (secondary N) is 1. The highest BCUT2D eigenvalue weighted by Crippen LogP contribution is 2.27. The largest absolute Gasteiger partial charge is 0.497 e. The van der Waals surface area contributed by atoms with Crippen molar-refractivity contribution in [1.82, 2.24) is 10.2 Å². The van der Waals surface area contributed by atoms with Crippen molar-refractivity contribution in [2.45, 2.75) is 0 Å². The summed E-state index contributed by atoms with van der Waals surface area (Å²) in [4.78, 5) is 12.7. The fraction of sp³-hybridized carbons (Fsp3) is 0.0455. The summed E-state index contributed by atoms with van der Waals surface area (Å²) in [5.41, 5.74) is 1.03. The molecule has 1 amide bonds. The van der Waals surface area contributed by atoms with Gasteiger partial charge in [-0.15, -0.1) is 5.10 Å². The second-order valence-corrected chi connectivity index (χ2v) is 6.01. The minimum absolute atomic E-state index is 0.0117. The number of hydrogen-bond acceptors (Lipinski definition) is 6. The van der Waals surface area contributed by atoms with Crippen LogP contribution in [0.3, 0.4) is 0 Å². The summed E-state index contributed by atoms with van der Waals surface area (Å²) in [5.74, 6) is 1.57. The van der Waals surface area contributed by atoms with E-state index < -0.39 is 5.91 Å². The Morgan fingerprint density at radius 2 is 1.66 bits per heavy atom. The van der Waals surface area contributed by atoms with Gasteiger partial charge in [-0.3, -0.25) is 10.1 Å². The van der Waals surface area contributed by atoms with E-state index in [1.165, 1.54) is 0 Å². The molecule has 0 aliphatic carbocycles. The maximum absolute atomic E-state index is 12.7. The topological polar surface area (TPSA) is 86.5 Å². The normalized spacial score (nSPS) is 10.4. The molecular weight excluding hydrogens is 370 g/mol. The van der Waals surface area contributed by atoms with Crippen LogP contribution in [0.1, 0.15) is 10.4 Å². The number of benzene rings is 3. The zero-order valence-electron chi connectivity index (χ0n) is 15.5. The average Bonchev–Trinajstić information content (AvgIpc) is 3.23. The first kappa shape index (κ1) is 18.2. The van der Waals surface area contributed by atoms with E-state index in [1.54, 1.807) is 37.4 Å². The average molecular weight is 387 g/mol. The maximum Gasteiger partial charge on any atom is 0.322 e. The predicted molar refractivity (Wildman–Crippen MR) is 107 cm³/mol. The third kappa shape index (κ3) is 4.24. The molecule has 0 atom stereocenters. The minimum atomic E-state index is -0.419. The highest BCUT2D eigenvalue weighted by molar-refractivity contribution is 6.05. The van der Waals surface area contributed by atoms with Crippen molar-refractivity contribution in [3.05, 3.63) is 84.4 Å². The lowest BCUT2D eigenvalue weighted by atomic mass is 10.2. The fourth-order valence-corrected chi connectivity index (χ4v) is 2.67. The molecule has 3 aromatic carbocycles. The molecule has 1 heterocycles. The lowest BCUT2D eigenvalue weighted by Crippen LogP contribution is -2.13. The van der Waals surface area contributed by atoms with Crippen molar-refractivity contribution in [2.24, 2.45) is 0 Å². The molecule has 1 aromatic heterocycles. The Balaban J connectivity index is 1.52. The number of hydrogen-bond donors (Lipinski definition) is 1. The van der Waals surface area contributed by atoms with Crippen LogP contribution in [0.15, 0.2) is 83.3 Å². The van der Waals surface area contributed by atoms with Gasteiger partial charge in [-0.1, -0.05) is 41.5 Å². The van der Waals surface area contributed by atoms with Crippen molar-refractivity contribution in [2.75, 3.05) is 12.4 Å². The zero-order chi connectivity index (χ0) is 20.1. The van der Waals surface area contributed by atoms with E-state index in [2.05, 4.69) is 15.5 Å². The SMILES string of the molecule is COc1cccc(-c2nnc(NC(=O)c3ccccc3Oc3ccccc3)o2)c1. The fourth-order valence-electron chi connectivity index (χ4n) is 2.67. The second-order valence-electron chi connectivity index (χ2n) is 6.01. The van der Waals surface area contributed by atoms with Crippen molar-refractivity contribution in [3.63, 3.8) is 0 Å². The van der Waals surface area contributed by atoms with Crippen molar-refractivity contribution in [3.8, 4) is 28.7 Å². The molecule has 0 fully saturated rings. The molecule has 0 aliphatic heterocycles. The highest BCUT2D eigenvalue weighted by Gasteiger charge is 2.17. The summed E-state index contributed by atoms with van der Waals surface area (Å²) in [7, 11) is 1.58. The molecule has 0 saturated carbocycles. The lowest BCUT2D eigenvalue weighted by Gasteiger charge is -2.10. The third-order valence-electron chi connectivity index (χ3n) is 4.06. The van der Waals surface area contributed by atoms with E-state index in [0.717, 1.165) is 0 Å². The van der Waals surface area contributed by atoms with Gasteiger partial charge in [-0.2, -0.15) is 0 Å². The number of carbonyl (C=O) groups is 1. The Morgan fingerprint density at radius 3 is 2.48 bits per heavy atom. The maximum atomic E-state index is 12.7. The van der Waals surface area contributed by atoms with E-state index in [-0.39, 0.29) is 11.9 Å². The smallest absolute Gasteiger partial charge is 0.322 e. The highest BCUT2D eigenvalue weighted by atomic mass is 16.5. The minimum Gasteiger partial charge on any atom is -0.497 e. The molecule has 7 nitrogen and oxygen atoms in total. The van der Waals surface area contributed by atoms with Gasteiger partial charge < -0.3 is 13.9 Å². The number of para-hydroxylation sites is 2.